The molecule has 9 nitrogen and oxygen atoms in total. The van der Waals surface area contributed by atoms with Gasteiger partial charge in [0.25, 0.3) is 0 Å². The number of quaternary nitrogens is 1. The molecule has 0 fully saturated rings. The molecule has 0 rings (SSSR count). The summed E-state index contributed by atoms with van der Waals surface area (Å²) in [5.74, 6) is -0.500. The fraction of sp³-hybridized carbons (Fsp3) is 0.838. The lowest BCUT2D eigenvalue weighted by Gasteiger charge is -2.27. The predicted molar refractivity (Wildman–Crippen MR) is 365 cm³/mol. The standard InChI is InChI=1S/C74H139N2O7P/c1-7-10-13-16-19-22-25-28-30-32-34-36-37-38-39-41-43-45-47-49-52-55-58-61-64-67-74(78)83-72(65-62-59-56-53-50-27-24-21-18-15-12-9-3)71(70-82-84(79,80)81-69-68-76(4,5)6)75-73(77)66-63-60-57-54-51-48-46-44-42-40-35-33-31-29-26-23-20-17-14-11-8-2/h20,23,28-31,35,40,62,65,71-72H,7-19,21-22,24-27,32-34,36-39,41-61,63-64,66-70H2,1-6H3,(H-,75,77,79,80)/p+1/b23-20-,30-28+,31-29-,40-35-,65-62+. The van der Waals surface area contributed by atoms with Crippen LogP contribution in [0.15, 0.2) is 60.8 Å². The molecule has 0 aromatic carbocycles. The van der Waals surface area contributed by atoms with Crippen LogP contribution < -0.4 is 5.32 Å². The second-order valence-corrected chi connectivity index (χ2v) is 27.2. The Morgan fingerprint density at radius 1 is 0.417 bits per heavy atom. The van der Waals surface area contributed by atoms with Gasteiger partial charge in [-0.25, -0.2) is 4.57 Å². The Hall–Kier alpha value is -2.29. The van der Waals surface area contributed by atoms with Gasteiger partial charge in [-0.1, -0.05) is 300 Å². The fourth-order valence-corrected chi connectivity index (χ4v) is 11.3. The smallest absolute Gasteiger partial charge is 0.456 e. The van der Waals surface area contributed by atoms with Gasteiger partial charge in [0.1, 0.15) is 19.3 Å². The van der Waals surface area contributed by atoms with Gasteiger partial charge in [0.05, 0.1) is 33.8 Å². The van der Waals surface area contributed by atoms with Crippen LogP contribution in [0.4, 0.5) is 0 Å². The number of hydrogen-bond donors (Lipinski definition) is 2. The van der Waals surface area contributed by atoms with Gasteiger partial charge in [-0.05, 0) is 96.0 Å². The van der Waals surface area contributed by atoms with E-state index in [9.17, 15) is 19.0 Å². The molecule has 0 radical (unpaired) electrons. The Balaban J connectivity index is 5.05. The molecule has 0 aromatic rings. The van der Waals surface area contributed by atoms with Crippen molar-refractivity contribution >= 4 is 19.7 Å². The van der Waals surface area contributed by atoms with E-state index in [4.69, 9.17) is 13.8 Å². The summed E-state index contributed by atoms with van der Waals surface area (Å²) in [5, 5.41) is 3.07. The molecule has 84 heavy (non-hydrogen) atoms. The Bertz CT molecular complexity index is 1620. The maximum absolute atomic E-state index is 13.6. The molecule has 1 amide bonds. The highest BCUT2D eigenvalue weighted by atomic mass is 31.2. The Kier molecular flexibility index (Phi) is 62.0. The molecular weight excluding hydrogens is 1060 g/mol. The average molecular weight is 1200 g/mol. The highest BCUT2D eigenvalue weighted by molar-refractivity contribution is 7.47. The number of esters is 1. The van der Waals surface area contributed by atoms with Crippen molar-refractivity contribution in [3.8, 4) is 0 Å². The highest BCUT2D eigenvalue weighted by Crippen LogP contribution is 2.43. The molecule has 0 saturated carbocycles. The van der Waals surface area contributed by atoms with Crippen molar-refractivity contribution in [3.63, 3.8) is 0 Å². The number of hydrogen-bond acceptors (Lipinski definition) is 6. The second kappa shape index (κ2) is 63.7. The molecule has 0 aromatic heterocycles. The van der Waals surface area contributed by atoms with Crippen molar-refractivity contribution < 1.29 is 37.3 Å². The first-order chi connectivity index (χ1) is 40.9. The zero-order valence-corrected chi connectivity index (χ0v) is 57.3. The average Bonchev–Trinajstić information content (AvgIpc) is 3.64. The van der Waals surface area contributed by atoms with Crippen LogP contribution in [0.2, 0.25) is 0 Å². The molecule has 0 aliphatic carbocycles. The third-order valence-electron chi connectivity index (χ3n) is 16.2. The molecule has 0 aliphatic rings. The summed E-state index contributed by atoms with van der Waals surface area (Å²) >= 11 is 0. The number of carbonyl (C=O) groups excluding carboxylic acids is 2. The number of unbranched alkanes of at least 4 members (excludes halogenated alkanes) is 42. The van der Waals surface area contributed by atoms with Crippen LogP contribution >= 0.6 is 7.82 Å². The van der Waals surface area contributed by atoms with Gasteiger partial charge >= 0.3 is 13.8 Å². The molecule has 10 heteroatoms. The Morgan fingerprint density at radius 2 is 0.726 bits per heavy atom. The number of likely N-dealkylation sites (N-methyl/N-ethyl adjacent to an activating group) is 1. The minimum Gasteiger partial charge on any atom is -0.456 e. The summed E-state index contributed by atoms with van der Waals surface area (Å²) in [4.78, 5) is 37.9. The number of phosphoric acid groups is 1. The summed E-state index contributed by atoms with van der Waals surface area (Å²) in [6, 6.07) is -0.853. The molecular formula is C74H140N2O7P+. The summed E-state index contributed by atoms with van der Waals surface area (Å²) < 4.78 is 30.8. The van der Waals surface area contributed by atoms with Gasteiger partial charge in [0.15, 0.2) is 0 Å². The monoisotopic (exact) mass is 1200 g/mol. The van der Waals surface area contributed by atoms with E-state index in [1.54, 1.807) is 0 Å². The molecule has 0 bridgehead atoms. The summed E-state index contributed by atoms with van der Waals surface area (Å²) in [7, 11) is 1.50. The first-order valence-electron chi connectivity index (χ1n) is 36.1. The van der Waals surface area contributed by atoms with E-state index in [1.807, 2.05) is 33.3 Å². The van der Waals surface area contributed by atoms with E-state index in [2.05, 4.69) is 74.7 Å². The molecule has 2 N–H and O–H groups in total. The molecule has 0 spiro atoms. The van der Waals surface area contributed by atoms with Crippen LogP contribution in [0.3, 0.4) is 0 Å². The van der Waals surface area contributed by atoms with Crippen LogP contribution in [0.1, 0.15) is 348 Å². The maximum atomic E-state index is 13.6. The lowest BCUT2D eigenvalue weighted by atomic mass is 10.0. The van der Waals surface area contributed by atoms with Crippen LogP contribution in [-0.4, -0.2) is 74.3 Å². The maximum Gasteiger partial charge on any atom is 0.472 e. The van der Waals surface area contributed by atoms with Crippen molar-refractivity contribution in [3.05, 3.63) is 60.8 Å². The second-order valence-electron chi connectivity index (χ2n) is 25.8. The fourth-order valence-electron chi connectivity index (χ4n) is 10.6. The normalized spacial score (nSPS) is 13.8. The lowest BCUT2D eigenvalue weighted by molar-refractivity contribution is -0.870. The topological polar surface area (TPSA) is 111 Å². The zero-order chi connectivity index (χ0) is 61.4. The zero-order valence-electron chi connectivity index (χ0n) is 56.4. The number of amides is 1. The Labute approximate surface area is 521 Å². The minimum atomic E-state index is -4.46. The van der Waals surface area contributed by atoms with E-state index in [0.717, 1.165) is 83.5 Å². The van der Waals surface area contributed by atoms with Crippen LogP contribution in [0.25, 0.3) is 0 Å². The van der Waals surface area contributed by atoms with Gasteiger partial charge in [-0.15, -0.1) is 0 Å². The van der Waals surface area contributed by atoms with Crippen molar-refractivity contribution in [1.82, 2.24) is 5.32 Å². The molecule has 0 heterocycles. The first-order valence-corrected chi connectivity index (χ1v) is 37.6. The molecule has 0 saturated heterocycles. The Morgan fingerprint density at radius 3 is 1.12 bits per heavy atom. The van der Waals surface area contributed by atoms with Crippen molar-refractivity contribution in [2.75, 3.05) is 40.9 Å². The predicted octanol–water partition coefficient (Wildman–Crippen LogP) is 23.0. The van der Waals surface area contributed by atoms with Gasteiger partial charge in [0, 0.05) is 12.8 Å². The van der Waals surface area contributed by atoms with Crippen molar-refractivity contribution in [1.29, 1.82) is 0 Å². The highest BCUT2D eigenvalue weighted by Gasteiger charge is 2.30. The van der Waals surface area contributed by atoms with Crippen LogP contribution in [-0.2, 0) is 27.9 Å². The van der Waals surface area contributed by atoms with Gasteiger partial charge in [0.2, 0.25) is 5.91 Å². The number of nitrogens with zero attached hydrogens (tertiary/aromatic N) is 1. The van der Waals surface area contributed by atoms with E-state index in [-0.39, 0.29) is 25.1 Å². The van der Waals surface area contributed by atoms with Gasteiger partial charge in [-0.3, -0.25) is 18.6 Å². The van der Waals surface area contributed by atoms with E-state index in [0.29, 0.717) is 23.9 Å². The largest absolute Gasteiger partial charge is 0.472 e. The number of ether oxygens (including phenoxy) is 1. The molecule has 0 aliphatic heterocycles. The van der Waals surface area contributed by atoms with Crippen LogP contribution in [0, 0.1) is 0 Å². The van der Waals surface area contributed by atoms with E-state index < -0.39 is 20.0 Å². The van der Waals surface area contributed by atoms with Gasteiger partial charge in [-0.2, -0.15) is 0 Å². The number of carbonyl (C=O) groups is 2. The third kappa shape index (κ3) is 64.2. The van der Waals surface area contributed by atoms with E-state index in [1.165, 1.54) is 231 Å². The SMILES string of the molecule is CCCCC/C=C\C/C=C\C/C=C\CCCCCCCCCCC(=O)NC(COP(=O)(O)OCC[N+](C)(C)C)C(/C=C/CCCCCCCCCCCC)OC(=O)CCCCCCCCCCCCCCCCC/C=C/CCCCCCCC. The summed E-state index contributed by atoms with van der Waals surface area (Å²) in [5.41, 5.74) is 0. The molecule has 3 atom stereocenters. The third-order valence-corrected chi connectivity index (χ3v) is 17.2. The first kappa shape index (κ1) is 81.7. The summed E-state index contributed by atoms with van der Waals surface area (Å²) in [6.07, 6.45) is 82.3. The van der Waals surface area contributed by atoms with Crippen LogP contribution in [0.5, 0.6) is 0 Å². The molecule has 492 valence electrons. The summed E-state index contributed by atoms with van der Waals surface area (Å²) in [6.45, 7) is 7.02. The van der Waals surface area contributed by atoms with E-state index >= 15 is 0 Å². The molecule has 3 unspecified atom stereocenters. The number of rotatable bonds is 66. The number of nitrogens with one attached hydrogen (secondary N) is 1. The lowest BCUT2D eigenvalue weighted by Crippen LogP contribution is -2.47. The van der Waals surface area contributed by atoms with Crippen molar-refractivity contribution in [2.45, 2.75) is 360 Å². The number of allylic oxidation sites excluding steroid dienone is 9. The van der Waals surface area contributed by atoms with Gasteiger partial charge < -0.3 is 19.4 Å². The van der Waals surface area contributed by atoms with Crippen molar-refractivity contribution in [2.24, 2.45) is 0 Å². The number of phosphoric ester groups is 1. The minimum absolute atomic E-state index is 0.0387. The quantitative estimate of drug-likeness (QED) is 0.0205.